The first-order chi connectivity index (χ1) is 11.3. The van der Waals surface area contributed by atoms with Crippen molar-refractivity contribution < 1.29 is 8.42 Å². The van der Waals surface area contributed by atoms with Crippen molar-refractivity contribution in [3.05, 3.63) is 40.5 Å². The topological polar surface area (TPSA) is 88.3 Å². The monoisotopic (exact) mass is 412 g/mol. The summed E-state index contributed by atoms with van der Waals surface area (Å²) in [6.07, 6.45) is 1.46. The number of anilines is 3. The Morgan fingerprint density at radius 2 is 1.92 bits per heavy atom. The number of nitrogens with zero attached hydrogens (tertiary/aromatic N) is 2. The van der Waals surface area contributed by atoms with E-state index in [1.807, 2.05) is 19.1 Å². The van der Waals surface area contributed by atoms with Crippen molar-refractivity contribution in [2.24, 2.45) is 0 Å². The first-order valence-electron chi connectivity index (χ1n) is 7.58. The number of pyridine rings is 1. The van der Waals surface area contributed by atoms with Gasteiger partial charge in [-0.1, -0.05) is 0 Å². The van der Waals surface area contributed by atoms with E-state index < -0.39 is 10.0 Å². The van der Waals surface area contributed by atoms with Crippen LogP contribution in [-0.4, -0.2) is 26.5 Å². The quantitative estimate of drug-likeness (QED) is 0.758. The zero-order valence-electron chi connectivity index (χ0n) is 13.9. The molecule has 0 aliphatic heterocycles. The van der Waals surface area contributed by atoms with Gasteiger partial charge >= 0.3 is 0 Å². The van der Waals surface area contributed by atoms with E-state index in [-0.39, 0.29) is 10.7 Å². The maximum absolute atomic E-state index is 12.6. The molecule has 0 unspecified atom stereocenters. The average molecular weight is 413 g/mol. The van der Waals surface area contributed by atoms with Crippen LogP contribution in [0.25, 0.3) is 0 Å². The standard InChI is InChI=1S/C16H21BrN4O2S/c1-4-21(5-2)13-6-7-14(11(3)8-13)20-24(22,23)15-9-12(17)10-19-16(15)18/h6-10,20H,4-5H2,1-3H3,(H2,18,19). The van der Waals surface area contributed by atoms with Crippen LogP contribution in [0.5, 0.6) is 0 Å². The molecule has 2 rings (SSSR count). The Morgan fingerprint density at radius 3 is 2.50 bits per heavy atom. The van der Waals surface area contributed by atoms with Crippen molar-refractivity contribution in [1.29, 1.82) is 0 Å². The molecule has 0 bridgehead atoms. The number of hydrogen-bond donors (Lipinski definition) is 2. The van der Waals surface area contributed by atoms with Crippen LogP contribution in [-0.2, 0) is 10.0 Å². The van der Waals surface area contributed by atoms with Gasteiger partial charge in [-0.05, 0) is 66.5 Å². The van der Waals surface area contributed by atoms with E-state index in [1.165, 1.54) is 12.3 Å². The smallest absolute Gasteiger partial charge is 0.265 e. The van der Waals surface area contributed by atoms with E-state index >= 15 is 0 Å². The second-order valence-corrected chi connectivity index (χ2v) is 7.88. The SMILES string of the molecule is CCN(CC)c1ccc(NS(=O)(=O)c2cc(Br)cnc2N)c(C)c1. The number of nitrogens with one attached hydrogen (secondary N) is 1. The van der Waals surface area contributed by atoms with Crippen LogP contribution < -0.4 is 15.4 Å². The lowest BCUT2D eigenvalue weighted by Crippen LogP contribution is -2.22. The maximum atomic E-state index is 12.6. The van der Waals surface area contributed by atoms with E-state index in [2.05, 4.69) is 44.4 Å². The number of aromatic nitrogens is 1. The summed E-state index contributed by atoms with van der Waals surface area (Å²) in [6.45, 7) is 7.81. The van der Waals surface area contributed by atoms with Gasteiger partial charge in [0, 0.05) is 29.4 Å². The Kier molecular flexibility index (Phi) is 5.71. The molecule has 0 fully saturated rings. The highest BCUT2D eigenvalue weighted by Gasteiger charge is 2.20. The molecular formula is C16H21BrN4O2S. The van der Waals surface area contributed by atoms with Gasteiger partial charge in [-0.3, -0.25) is 4.72 Å². The summed E-state index contributed by atoms with van der Waals surface area (Å²) >= 11 is 3.21. The van der Waals surface area contributed by atoms with Gasteiger partial charge in [0.2, 0.25) is 0 Å². The Bertz CT molecular complexity index is 836. The van der Waals surface area contributed by atoms with E-state index in [4.69, 9.17) is 5.73 Å². The van der Waals surface area contributed by atoms with Crippen molar-refractivity contribution >= 4 is 43.1 Å². The number of nitrogens with two attached hydrogens (primary N) is 1. The Balaban J connectivity index is 2.35. The molecule has 0 aliphatic carbocycles. The Hall–Kier alpha value is -1.80. The van der Waals surface area contributed by atoms with Gasteiger partial charge in [-0.25, -0.2) is 13.4 Å². The molecular weight excluding hydrogens is 392 g/mol. The third kappa shape index (κ3) is 3.99. The molecule has 6 nitrogen and oxygen atoms in total. The fourth-order valence-electron chi connectivity index (χ4n) is 2.39. The molecule has 130 valence electrons. The van der Waals surface area contributed by atoms with Crippen LogP contribution in [0, 0.1) is 6.92 Å². The minimum Gasteiger partial charge on any atom is -0.383 e. The Labute approximate surface area is 151 Å². The number of benzene rings is 1. The van der Waals surface area contributed by atoms with E-state index in [0.717, 1.165) is 24.3 Å². The van der Waals surface area contributed by atoms with Gasteiger partial charge in [0.15, 0.2) is 0 Å². The molecule has 0 spiro atoms. The van der Waals surface area contributed by atoms with Crippen LogP contribution in [0.4, 0.5) is 17.2 Å². The van der Waals surface area contributed by atoms with Crippen LogP contribution >= 0.6 is 15.9 Å². The molecule has 0 aliphatic rings. The zero-order valence-corrected chi connectivity index (χ0v) is 16.3. The van der Waals surface area contributed by atoms with Crippen molar-refractivity contribution in [3.63, 3.8) is 0 Å². The van der Waals surface area contributed by atoms with Crippen LogP contribution in [0.2, 0.25) is 0 Å². The van der Waals surface area contributed by atoms with Gasteiger partial charge < -0.3 is 10.6 Å². The number of rotatable bonds is 6. The lowest BCUT2D eigenvalue weighted by Gasteiger charge is -2.22. The third-order valence-corrected chi connectivity index (χ3v) is 5.55. The number of halogens is 1. The molecule has 0 saturated heterocycles. The number of nitrogen functional groups attached to an aromatic ring is 1. The molecule has 1 aromatic carbocycles. The highest BCUT2D eigenvalue weighted by Crippen LogP contribution is 2.27. The molecule has 3 N–H and O–H groups in total. The molecule has 0 atom stereocenters. The summed E-state index contributed by atoms with van der Waals surface area (Å²) in [7, 11) is -3.81. The Morgan fingerprint density at radius 1 is 1.25 bits per heavy atom. The minimum atomic E-state index is -3.81. The van der Waals surface area contributed by atoms with Gasteiger partial charge in [-0.15, -0.1) is 0 Å². The first kappa shape index (κ1) is 18.5. The summed E-state index contributed by atoms with van der Waals surface area (Å²) in [6, 6.07) is 7.07. The lowest BCUT2D eigenvalue weighted by molar-refractivity contribution is 0.601. The van der Waals surface area contributed by atoms with Crippen LogP contribution in [0.15, 0.2) is 39.8 Å². The average Bonchev–Trinajstić information content (AvgIpc) is 2.53. The third-order valence-electron chi connectivity index (χ3n) is 3.72. The zero-order chi connectivity index (χ0) is 17.9. The predicted molar refractivity (Wildman–Crippen MR) is 102 cm³/mol. The summed E-state index contributed by atoms with van der Waals surface area (Å²) in [5.74, 6) is -0.0388. The summed E-state index contributed by atoms with van der Waals surface area (Å²) in [4.78, 5) is 6.02. The molecule has 2 aromatic rings. The second kappa shape index (κ2) is 7.40. The van der Waals surface area contributed by atoms with Crippen molar-refractivity contribution in [3.8, 4) is 0 Å². The van der Waals surface area contributed by atoms with Gasteiger partial charge in [-0.2, -0.15) is 0 Å². The van der Waals surface area contributed by atoms with Crippen LogP contribution in [0.3, 0.4) is 0 Å². The molecule has 1 heterocycles. The molecule has 0 radical (unpaired) electrons. The normalized spacial score (nSPS) is 11.3. The number of sulfonamides is 1. The number of hydrogen-bond acceptors (Lipinski definition) is 5. The first-order valence-corrected chi connectivity index (χ1v) is 9.85. The molecule has 8 heteroatoms. The fourth-order valence-corrected chi connectivity index (χ4v) is 4.12. The molecule has 1 aromatic heterocycles. The highest BCUT2D eigenvalue weighted by molar-refractivity contribution is 9.10. The van der Waals surface area contributed by atoms with Crippen molar-refractivity contribution in [2.45, 2.75) is 25.7 Å². The predicted octanol–water partition coefficient (Wildman–Crippen LogP) is 3.38. The van der Waals surface area contributed by atoms with E-state index in [0.29, 0.717) is 10.2 Å². The van der Waals surface area contributed by atoms with Crippen LogP contribution in [0.1, 0.15) is 19.4 Å². The summed E-state index contributed by atoms with van der Waals surface area (Å²) < 4.78 is 28.3. The van der Waals surface area contributed by atoms with Gasteiger partial charge in [0.25, 0.3) is 10.0 Å². The minimum absolute atomic E-state index is 0.0388. The van der Waals surface area contributed by atoms with E-state index in [9.17, 15) is 8.42 Å². The van der Waals surface area contributed by atoms with E-state index in [1.54, 1.807) is 6.07 Å². The fraction of sp³-hybridized carbons (Fsp3) is 0.312. The van der Waals surface area contributed by atoms with Gasteiger partial charge in [0.05, 0.1) is 5.69 Å². The molecule has 24 heavy (non-hydrogen) atoms. The molecule has 0 amide bonds. The summed E-state index contributed by atoms with van der Waals surface area (Å²) in [5, 5.41) is 0. The highest BCUT2D eigenvalue weighted by atomic mass is 79.9. The number of aryl methyl sites for hydroxylation is 1. The van der Waals surface area contributed by atoms with Gasteiger partial charge in [0.1, 0.15) is 10.7 Å². The second-order valence-electron chi connectivity index (χ2n) is 5.31. The van der Waals surface area contributed by atoms with Crippen molar-refractivity contribution in [1.82, 2.24) is 4.98 Å². The maximum Gasteiger partial charge on any atom is 0.265 e. The lowest BCUT2D eigenvalue weighted by atomic mass is 10.1. The van der Waals surface area contributed by atoms with Crippen molar-refractivity contribution in [2.75, 3.05) is 28.4 Å². The largest absolute Gasteiger partial charge is 0.383 e. The molecule has 0 saturated carbocycles. The summed E-state index contributed by atoms with van der Waals surface area (Å²) in [5.41, 5.74) is 8.12.